The number of carboxylic acid groups (broad SMARTS) is 1. The Morgan fingerprint density at radius 2 is 2.14 bits per heavy atom. The molecule has 2 rings (SSSR count). The zero-order chi connectivity index (χ0) is 15.8. The molecule has 0 heterocycles. The summed E-state index contributed by atoms with van der Waals surface area (Å²) in [7, 11) is 0. The van der Waals surface area contributed by atoms with Gasteiger partial charge in [-0.05, 0) is 37.0 Å². The summed E-state index contributed by atoms with van der Waals surface area (Å²) >= 11 is 0. The van der Waals surface area contributed by atoms with E-state index in [4.69, 9.17) is 9.84 Å². The molecule has 1 fully saturated rings. The van der Waals surface area contributed by atoms with E-state index < -0.39 is 5.97 Å². The van der Waals surface area contributed by atoms with Crippen LogP contribution < -0.4 is 0 Å². The number of hydrogen-bond acceptors (Lipinski definition) is 3. The summed E-state index contributed by atoms with van der Waals surface area (Å²) in [6.45, 7) is 9.44. The van der Waals surface area contributed by atoms with Gasteiger partial charge in [0.25, 0.3) is 0 Å². The summed E-state index contributed by atoms with van der Waals surface area (Å²) in [5.41, 5.74) is 1.56. The van der Waals surface area contributed by atoms with Crippen molar-refractivity contribution in [2.45, 2.75) is 52.6 Å². The van der Waals surface area contributed by atoms with E-state index >= 15 is 0 Å². The van der Waals surface area contributed by atoms with Crippen LogP contribution in [0.1, 0.15) is 46.5 Å². The third kappa shape index (κ3) is 2.89. The second-order valence-corrected chi connectivity index (χ2v) is 6.59. The molecule has 1 N–H and O–H groups in total. The highest BCUT2D eigenvalue weighted by Crippen LogP contribution is 2.53. The predicted octanol–water partition coefficient (Wildman–Crippen LogP) is 3.33. The first-order chi connectivity index (χ1) is 9.75. The number of allylic oxidation sites excluding steroid dienone is 2. The number of rotatable bonds is 3. The lowest BCUT2D eigenvalue weighted by molar-refractivity contribution is -0.153. The molecule has 0 radical (unpaired) electrons. The van der Waals surface area contributed by atoms with Crippen molar-refractivity contribution in [2.24, 2.45) is 17.3 Å². The smallest absolute Gasteiger partial charge is 0.331 e. The highest BCUT2D eigenvalue weighted by molar-refractivity contribution is 5.86. The number of hydrogen-bond donors (Lipinski definition) is 1. The van der Waals surface area contributed by atoms with E-state index in [2.05, 4.69) is 26.5 Å². The van der Waals surface area contributed by atoms with Crippen molar-refractivity contribution < 1.29 is 19.4 Å². The highest BCUT2D eigenvalue weighted by atomic mass is 16.5. The van der Waals surface area contributed by atoms with Gasteiger partial charge in [0, 0.05) is 18.4 Å². The molecular weight excluding hydrogens is 268 g/mol. The van der Waals surface area contributed by atoms with E-state index in [1.807, 2.05) is 0 Å². The molecule has 0 aromatic heterocycles. The molecule has 4 heteroatoms. The fraction of sp³-hybridized carbons (Fsp3) is 0.647. The number of fused-ring (bicyclic) bond motifs is 1. The minimum atomic E-state index is -0.916. The monoisotopic (exact) mass is 292 g/mol. The van der Waals surface area contributed by atoms with E-state index in [9.17, 15) is 9.59 Å². The number of carboxylic acids is 1. The maximum absolute atomic E-state index is 11.3. The fourth-order valence-corrected chi connectivity index (χ4v) is 3.88. The van der Waals surface area contributed by atoms with Gasteiger partial charge in [-0.2, -0.15) is 0 Å². The fourth-order valence-electron chi connectivity index (χ4n) is 3.88. The van der Waals surface area contributed by atoms with E-state index in [-0.39, 0.29) is 34.9 Å². The molecule has 0 saturated heterocycles. The summed E-state index contributed by atoms with van der Waals surface area (Å²) in [6, 6.07) is 0. The van der Waals surface area contributed by atoms with Crippen LogP contribution in [0.3, 0.4) is 0 Å². The Kier molecular flexibility index (Phi) is 4.26. The van der Waals surface area contributed by atoms with Gasteiger partial charge in [0.2, 0.25) is 0 Å². The quantitative estimate of drug-likeness (QED) is 0.492. The molecule has 0 spiro atoms. The van der Waals surface area contributed by atoms with Crippen LogP contribution in [0.25, 0.3) is 0 Å². The summed E-state index contributed by atoms with van der Waals surface area (Å²) < 4.78 is 5.46. The van der Waals surface area contributed by atoms with Gasteiger partial charge < -0.3 is 9.84 Å². The van der Waals surface area contributed by atoms with Crippen LogP contribution in [-0.4, -0.2) is 23.1 Å². The third-order valence-electron chi connectivity index (χ3n) is 5.40. The molecule has 4 atom stereocenters. The van der Waals surface area contributed by atoms with Crippen molar-refractivity contribution >= 4 is 11.9 Å². The van der Waals surface area contributed by atoms with E-state index in [0.29, 0.717) is 0 Å². The topological polar surface area (TPSA) is 63.6 Å². The van der Waals surface area contributed by atoms with Crippen LogP contribution in [0.4, 0.5) is 0 Å². The second-order valence-electron chi connectivity index (χ2n) is 6.59. The van der Waals surface area contributed by atoms with Crippen LogP contribution in [0, 0.1) is 17.3 Å². The van der Waals surface area contributed by atoms with Gasteiger partial charge in [0.15, 0.2) is 0 Å². The summed E-state index contributed by atoms with van der Waals surface area (Å²) in [5, 5.41) is 9.16. The Hall–Kier alpha value is -1.58. The van der Waals surface area contributed by atoms with Gasteiger partial charge in [-0.15, -0.1) is 0 Å². The molecule has 0 amide bonds. The van der Waals surface area contributed by atoms with Crippen molar-refractivity contribution in [3.05, 3.63) is 23.8 Å². The van der Waals surface area contributed by atoms with Crippen LogP contribution in [0.2, 0.25) is 0 Å². The molecule has 2 aliphatic carbocycles. The minimum Gasteiger partial charge on any atom is -0.478 e. The Balaban J connectivity index is 2.23. The SMILES string of the molecule is C=C(C(=O)O)C1CC=C2CCC(OC(C)=O)C(C)C2(C)C1. The van der Waals surface area contributed by atoms with Crippen LogP contribution in [0.5, 0.6) is 0 Å². The van der Waals surface area contributed by atoms with Crippen molar-refractivity contribution in [1.29, 1.82) is 0 Å². The van der Waals surface area contributed by atoms with Crippen LogP contribution in [0.15, 0.2) is 23.8 Å². The summed E-state index contributed by atoms with van der Waals surface area (Å²) in [5.74, 6) is -1.01. The van der Waals surface area contributed by atoms with Gasteiger partial charge in [0.1, 0.15) is 6.10 Å². The molecule has 2 aliphatic rings. The van der Waals surface area contributed by atoms with Crippen LogP contribution >= 0.6 is 0 Å². The van der Waals surface area contributed by atoms with Crippen molar-refractivity contribution in [3.8, 4) is 0 Å². The van der Waals surface area contributed by atoms with Gasteiger partial charge in [-0.1, -0.05) is 32.1 Å². The first kappa shape index (κ1) is 15.8. The normalized spacial score (nSPS) is 35.4. The molecule has 21 heavy (non-hydrogen) atoms. The molecule has 4 unspecified atom stereocenters. The Morgan fingerprint density at radius 3 is 2.71 bits per heavy atom. The van der Waals surface area contributed by atoms with E-state index in [1.54, 1.807) is 0 Å². The van der Waals surface area contributed by atoms with E-state index in [0.717, 1.165) is 25.7 Å². The number of esters is 1. The van der Waals surface area contributed by atoms with Gasteiger partial charge in [0.05, 0.1) is 0 Å². The van der Waals surface area contributed by atoms with Crippen molar-refractivity contribution in [3.63, 3.8) is 0 Å². The molecule has 4 nitrogen and oxygen atoms in total. The minimum absolute atomic E-state index is 0.0326. The van der Waals surface area contributed by atoms with Gasteiger partial charge in [-0.25, -0.2) is 4.79 Å². The van der Waals surface area contributed by atoms with Crippen LogP contribution in [-0.2, 0) is 14.3 Å². The average molecular weight is 292 g/mol. The molecule has 0 aliphatic heterocycles. The zero-order valence-electron chi connectivity index (χ0n) is 13.0. The van der Waals surface area contributed by atoms with E-state index in [1.165, 1.54) is 12.5 Å². The number of aliphatic carboxylic acids is 1. The second kappa shape index (κ2) is 5.66. The van der Waals surface area contributed by atoms with Gasteiger partial charge >= 0.3 is 11.9 Å². The van der Waals surface area contributed by atoms with Crippen molar-refractivity contribution in [2.75, 3.05) is 0 Å². The largest absolute Gasteiger partial charge is 0.478 e. The Bertz CT molecular complexity index is 505. The van der Waals surface area contributed by atoms with Gasteiger partial charge in [-0.3, -0.25) is 4.79 Å². The predicted molar refractivity (Wildman–Crippen MR) is 79.6 cm³/mol. The third-order valence-corrected chi connectivity index (χ3v) is 5.40. The Labute approximate surface area is 125 Å². The maximum Gasteiger partial charge on any atom is 0.331 e. The molecule has 0 aromatic rings. The summed E-state index contributed by atoms with van der Waals surface area (Å²) in [6.07, 6.45) is 5.39. The first-order valence-electron chi connectivity index (χ1n) is 7.54. The highest BCUT2D eigenvalue weighted by Gasteiger charge is 2.47. The van der Waals surface area contributed by atoms with Crippen molar-refractivity contribution in [1.82, 2.24) is 0 Å². The summed E-state index contributed by atoms with van der Waals surface area (Å²) in [4.78, 5) is 22.4. The zero-order valence-corrected chi connectivity index (χ0v) is 13.0. The number of ether oxygens (including phenoxy) is 1. The first-order valence-corrected chi connectivity index (χ1v) is 7.54. The maximum atomic E-state index is 11.3. The number of carbonyl (C=O) groups is 2. The number of carbonyl (C=O) groups excluding carboxylic acids is 1. The molecule has 1 saturated carbocycles. The average Bonchev–Trinajstić information content (AvgIpc) is 2.41. The Morgan fingerprint density at radius 1 is 1.48 bits per heavy atom. The standard InChI is InChI=1S/C17H24O4/c1-10(16(19)20)13-5-6-14-7-8-15(21-12(3)18)11(2)17(14,4)9-13/h6,11,13,15H,1,5,7-9H2,2-4H3,(H,19,20). The lowest BCUT2D eigenvalue weighted by Crippen LogP contribution is -2.45. The lowest BCUT2D eigenvalue weighted by Gasteiger charge is -2.49. The lowest BCUT2D eigenvalue weighted by atomic mass is 9.57. The molecule has 0 aromatic carbocycles. The molecule has 116 valence electrons. The molecule has 0 bridgehead atoms. The molecular formula is C17H24O4.